The van der Waals surface area contributed by atoms with E-state index in [0.717, 1.165) is 16.6 Å². The molecule has 0 spiro atoms. The summed E-state index contributed by atoms with van der Waals surface area (Å²) in [5, 5.41) is 12.7. The van der Waals surface area contributed by atoms with Gasteiger partial charge in [-0.25, -0.2) is 9.59 Å². The van der Waals surface area contributed by atoms with Crippen LogP contribution in [0.5, 0.6) is 0 Å². The lowest BCUT2D eigenvalue weighted by atomic mass is 10.1. The molecular weight excluding hydrogens is 294 g/mol. The number of carbonyl (C=O) groups is 2. The zero-order valence-corrected chi connectivity index (χ0v) is 13.5. The van der Waals surface area contributed by atoms with Crippen LogP contribution in [-0.4, -0.2) is 40.1 Å². The topological polar surface area (TPSA) is 82.5 Å². The number of carboxylic acid groups (broad SMARTS) is 1. The largest absolute Gasteiger partial charge is 0.480 e. The first-order valence-corrected chi connectivity index (χ1v) is 7.47. The molecule has 2 rings (SSSR count). The fraction of sp³-hybridized carbons (Fsp3) is 0.353. The van der Waals surface area contributed by atoms with Gasteiger partial charge in [-0.2, -0.15) is 0 Å². The van der Waals surface area contributed by atoms with Gasteiger partial charge in [0.1, 0.15) is 6.04 Å². The van der Waals surface area contributed by atoms with Crippen LogP contribution in [0.15, 0.2) is 36.4 Å². The van der Waals surface area contributed by atoms with Crippen molar-refractivity contribution < 1.29 is 14.7 Å². The number of carboxylic acids is 1. The highest BCUT2D eigenvalue weighted by atomic mass is 16.4. The normalized spacial score (nSPS) is 12.2. The smallest absolute Gasteiger partial charge is 0.326 e. The van der Waals surface area contributed by atoms with Gasteiger partial charge in [0, 0.05) is 12.4 Å². The molecule has 6 heteroatoms. The summed E-state index contributed by atoms with van der Waals surface area (Å²) >= 11 is 0. The Hall–Kier alpha value is -2.63. The Kier molecular flexibility index (Phi) is 5.16. The van der Waals surface area contributed by atoms with Crippen molar-refractivity contribution in [2.45, 2.75) is 26.4 Å². The number of carbonyl (C=O) groups excluding carboxylic acids is 1. The summed E-state index contributed by atoms with van der Waals surface area (Å²) in [5.41, 5.74) is 1.61. The van der Waals surface area contributed by atoms with Crippen LogP contribution in [-0.2, 0) is 11.3 Å². The molecule has 1 unspecified atom stereocenters. The molecule has 2 aromatic rings. The summed E-state index contributed by atoms with van der Waals surface area (Å²) in [6.45, 7) is 3.81. The molecule has 0 aliphatic carbocycles. The van der Waals surface area contributed by atoms with Crippen molar-refractivity contribution in [1.29, 1.82) is 0 Å². The predicted octanol–water partition coefficient (Wildman–Crippen LogP) is 2.49. The zero-order valence-electron chi connectivity index (χ0n) is 13.5. The van der Waals surface area contributed by atoms with E-state index in [4.69, 9.17) is 5.11 Å². The van der Waals surface area contributed by atoms with Crippen molar-refractivity contribution >= 4 is 22.9 Å². The Balaban J connectivity index is 2.06. The number of amides is 2. The van der Waals surface area contributed by atoms with E-state index < -0.39 is 18.0 Å². The van der Waals surface area contributed by atoms with Gasteiger partial charge in [-0.3, -0.25) is 4.98 Å². The number of nitrogens with one attached hydrogen (secondary N) is 1. The molecule has 0 bridgehead atoms. The number of aromatic nitrogens is 1. The number of pyridine rings is 1. The van der Waals surface area contributed by atoms with Gasteiger partial charge in [0.25, 0.3) is 0 Å². The zero-order chi connectivity index (χ0) is 17.0. The Bertz CT molecular complexity index is 715. The Morgan fingerprint density at radius 2 is 1.91 bits per heavy atom. The van der Waals surface area contributed by atoms with Gasteiger partial charge in [0.2, 0.25) is 0 Å². The highest BCUT2D eigenvalue weighted by Gasteiger charge is 2.24. The monoisotopic (exact) mass is 315 g/mol. The van der Waals surface area contributed by atoms with Gasteiger partial charge >= 0.3 is 12.0 Å². The fourth-order valence-electron chi connectivity index (χ4n) is 2.27. The van der Waals surface area contributed by atoms with Crippen LogP contribution in [0.1, 0.15) is 19.5 Å². The van der Waals surface area contributed by atoms with E-state index in [1.807, 2.05) is 36.4 Å². The average Bonchev–Trinajstić information content (AvgIpc) is 2.51. The first-order chi connectivity index (χ1) is 10.9. The summed E-state index contributed by atoms with van der Waals surface area (Å²) in [6.07, 6.45) is 0. The van der Waals surface area contributed by atoms with Crippen LogP contribution in [0.4, 0.5) is 4.79 Å². The molecule has 0 fully saturated rings. The summed E-state index contributed by atoms with van der Waals surface area (Å²) in [5.74, 6) is -1.23. The maximum atomic E-state index is 12.2. The van der Waals surface area contributed by atoms with Gasteiger partial charge in [0.15, 0.2) is 0 Å². The molecule has 1 heterocycles. The van der Waals surface area contributed by atoms with Gasteiger partial charge in [-0.05, 0) is 18.1 Å². The highest BCUT2D eigenvalue weighted by molar-refractivity contribution is 5.82. The molecule has 0 saturated carbocycles. The predicted molar refractivity (Wildman–Crippen MR) is 88.0 cm³/mol. The molecule has 23 heavy (non-hydrogen) atoms. The van der Waals surface area contributed by atoms with E-state index in [1.54, 1.807) is 20.9 Å². The first kappa shape index (κ1) is 16.7. The number of para-hydroxylation sites is 1. The maximum Gasteiger partial charge on any atom is 0.326 e. The number of benzene rings is 1. The van der Waals surface area contributed by atoms with Crippen LogP contribution in [0.25, 0.3) is 10.9 Å². The molecule has 0 aliphatic rings. The quantitative estimate of drug-likeness (QED) is 0.888. The Labute approximate surface area is 135 Å². The average molecular weight is 315 g/mol. The third-order valence-electron chi connectivity index (χ3n) is 3.61. The Morgan fingerprint density at radius 1 is 1.22 bits per heavy atom. The highest BCUT2D eigenvalue weighted by Crippen LogP contribution is 2.13. The Morgan fingerprint density at radius 3 is 2.57 bits per heavy atom. The van der Waals surface area contributed by atoms with Crippen LogP contribution >= 0.6 is 0 Å². The number of aliphatic carboxylic acids is 1. The summed E-state index contributed by atoms with van der Waals surface area (Å²) in [6, 6.07) is 10.2. The molecule has 0 radical (unpaired) electrons. The number of hydrogen-bond acceptors (Lipinski definition) is 3. The van der Waals surface area contributed by atoms with Crippen LogP contribution in [0.2, 0.25) is 0 Å². The fourth-order valence-corrected chi connectivity index (χ4v) is 2.27. The SMILES string of the molecule is CC(C)C(NC(=O)N(C)Cc1ccc2ccccc2n1)C(=O)O. The summed E-state index contributed by atoms with van der Waals surface area (Å²) in [4.78, 5) is 29.2. The second-order valence-electron chi connectivity index (χ2n) is 5.86. The molecule has 0 aliphatic heterocycles. The van der Waals surface area contributed by atoms with Gasteiger partial charge in [0.05, 0.1) is 17.8 Å². The van der Waals surface area contributed by atoms with Crippen molar-refractivity contribution in [2.24, 2.45) is 5.92 Å². The first-order valence-electron chi connectivity index (χ1n) is 7.47. The molecule has 2 amide bonds. The molecule has 1 aromatic carbocycles. The minimum absolute atomic E-state index is 0.191. The van der Waals surface area contributed by atoms with Gasteiger partial charge < -0.3 is 15.3 Å². The third kappa shape index (κ3) is 4.18. The molecule has 1 atom stereocenters. The summed E-state index contributed by atoms with van der Waals surface area (Å²) in [7, 11) is 1.62. The number of nitrogens with zero attached hydrogens (tertiary/aromatic N) is 2. The lowest BCUT2D eigenvalue weighted by Gasteiger charge is -2.23. The molecule has 6 nitrogen and oxygen atoms in total. The van der Waals surface area contributed by atoms with Gasteiger partial charge in [-0.1, -0.05) is 38.1 Å². The molecule has 1 aromatic heterocycles. The van der Waals surface area contributed by atoms with Gasteiger partial charge in [-0.15, -0.1) is 0 Å². The number of fused-ring (bicyclic) bond motifs is 1. The molecule has 2 N–H and O–H groups in total. The van der Waals surface area contributed by atoms with E-state index in [-0.39, 0.29) is 5.92 Å². The minimum atomic E-state index is -1.04. The minimum Gasteiger partial charge on any atom is -0.480 e. The van der Waals surface area contributed by atoms with E-state index in [9.17, 15) is 9.59 Å². The molecule has 122 valence electrons. The van der Waals surface area contributed by atoms with Crippen LogP contribution in [0, 0.1) is 5.92 Å². The lowest BCUT2D eigenvalue weighted by molar-refractivity contribution is -0.140. The van der Waals surface area contributed by atoms with E-state index >= 15 is 0 Å². The van der Waals surface area contributed by atoms with Crippen molar-refractivity contribution in [3.63, 3.8) is 0 Å². The van der Waals surface area contributed by atoms with Crippen molar-refractivity contribution in [2.75, 3.05) is 7.05 Å². The number of rotatable bonds is 5. The van der Waals surface area contributed by atoms with Crippen LogP contribution in [0.3, 0.4) is 0 Å². The van der Waals surface area contributed by atoms with Crippen molar-refractivity contribution in [3.05, 3.63) is 42.1 Å². The van der Waals surface area contributed by atoms with Crippen LogP contribution < -0.4 is 5.32 Å². The standard InChI is InChI=1S/C17H21N3O3/c1-11(2)15(16(21)22)19-17(23)20(3)10-13-9-8-12-6-4-5-7-14(12)18-13/h4-9,11,15H,10H2,1-3H3,(H,19,23)(H,21,22). The molecular formula is C17H21N3O3. The maximum absolute atomic E-state index is 12.2. The molecule has 0 saturated heterocycles. The van der Waals surface area contributed by atoms with Crippen molar-refractivity contribution in [1.82, 2.24) is 15.2 Å². The third-order valence-corrected chi connectivity index (χ3v) is 3.61. The second-order valence-corrected chi connectivity index (χ2v) is 5.86. The van der Waals surface area contributed by atoms with E-state index in [2.05, 4.69) is 10.3 Å². The summed E-state index contributed by atoms with van der Waals surface area (Å²) < 4.78 is 0. The number of hydrogen-bond donors (Lipinski definition) is 2. The second kappa shape index (κ2) is 7.09. The van der Waals surface area contributed by atoms with Crippen molar-refractivity contribution in [3.8, 4) is 0 Å². The lowest BCUT2D eigenvalue weighted by Crippen LogP contribution is -2.48. The van der Waals surface area contributed by atoms with E-state index in [0.29, 0.717) is 6.54 Å². The van der Waals surface area contributed by atoms with E-state index in [1.165, 1.54) is 4.90 Å². The number of urea groups is 1.